The molecular formula is C20H26ClNO5. The maximum atomic E-state index is 12.2. The van der Waals surface area contributed by atoms with Gasteiger partial charge in [0.2, 0.25) is 5.91 Å². The summed E-state index contributed by atoms with van der Waals surface area (Å²) in [6, 6.07) is 3.31. The van der Waals surface area contributed by atoms with Crippen LogP contribution in [0.25, 0.3) is 0 Å². The number of piperidine rings is 1. The number of allylic oxidation sites excluding steroid dienone is 1. The van der Waals surface area contributed by atoms with Gasteiger partial charge in [-0.25, -0.2) is 0 Å². The molecule has 0 bridgehead atoms. The van der Waals surface area contributed by atoms with Crippen molar-refractivity contribution in [3.05, 3.63) is 47.4 Å². The zero-order valence-corrected chi connectivity index (χ0v) is 16.0. The smallest absolute Gasteiger partial charge is 0.303 e. The highest BCUT2D eigenvalue weighted by Gasteiger charge is 2.25. The Morgan fingerprint density at radius 1 is 1.41 bits per heavy atom. The minimum absolute atomic E-state index is 0.0511. The molecule has 2 atom stereocenters. The molecule has 27 heavy (non-hydrogen) atoms. The first-order chi connectivity index (χ1) is 13.0. The van der Waals surface area contributed by atoms with Crippen molar-refractivity contribution in [1.82, 2.24) is 4.90 Å². The van der Waals surface area contributed by atoms with E-state index >= 15 is 0 Å². The highest BCUT2D eigenvalue weighted by Crippen LogP contribution is 2.20. The summed E-state index contributed by atoms with van der Waals surface area (Å²) in [4.78, 5) is 24.5. The summed E-state index contributed by atoms with van der Waals surface area (Å²) in [6.07, 6.45) is 10.7. The quantitative estimate of drug-likeness (QED) is 0.466. The number of likely N-dealkylation sites (tertiary alicyclic amines) is 1. The van der Waals surface area contributed by atoms with Crippen LogP contribution in [0.3, 0.4) is 0 Å². The van der Waals surface area contributed by atoms with Gasteiger partial charge in [0.15, 0.2) is 5.22 Å². The lowest BCUT2D eigenvalue weighted by Gasteiger charge is -2.33. The van der Waals surface area contributed by atoms with Crippen molar-refractivity contribution in [1.29, 1.82) is 0 Å². The lowest BCUT2D eigenvalue weighted by Crippen LogP contribution is -2.42. The first-order valence-corrected chi connectivity index (χ1v) is 9.60. The first-order valence-electron chi connectivity index (χ1n) is 9.22. The van der Waals surface area contributed by atoms with Gasteiger partial charge in [-0.1, -0.05) is 24.3 Å². The van der Waals surface area contributed by atoms with Crippen LogP contribution in [0.1, 0.15) is 44.3 Å². The SMILES string of the molecule is O=C(O)CCC/C=C\CN1C(=O)CCC[C@@H]1/C=C/C(O)Cc1ccc(Cl)o1. The van der Waals surface area contributed by atoms with E-state index in [1.165, 1.54) is 0 Å². The number of carbonyl (C=O) groups is 2. The number of unbranched alkanes of at least 4 members (excludes halogenated alkanes) is 1. The van der Waals surface area contributed by atoms with E-state index in [9.17, 15) is 14.7 Å². The third-order valence-electron chi connectivity index (χ3n) is 4.44. The topological polar surface area (TPSA) is 91.0 Å². The molecule has 0 radical (unpaired) electrons. The maximum absolute atomic E-state index is 12.2. The average Bonchev–Trinajstić information content (AvgIpc) is 3.02. The molecule has 2 heterocycles. The molecule has 0 aromatic carbocycles. The Kier molecular flexibility index (Phi) is 8.61. The van der Waals surface area contributed by atoms with Crippen LogP contribution in [-0.2, 0) is 16.0 Å². The Morgan fingerprint density at radius 3 is 2.93 bits per heavy atom. The molecule has 0 saturated carbocycles. The van der Waals surface area contributed by atoms with Gasteiger partial charge in [-0.3, -0.25) is 9.59 Å². The monoisotopic (exact) mass is 395 g/mol. The van der Waals surface area contributed by atoms with Crippen molar-refractivity contribution in [3.8, 4) is 0 Å². The van der Waals surface area contributed by atoms with Crippen molar-refractivity contribution in [3.63, 3.8) is 0 Å². The molecule has 1 aliphatic rings. The van der Waals surface area contributed by atoms with Crippen molar-refractivity contribution < 1.29 is 24.2 Å². The van der Waals surface area contributed by atoms with Crippen molar-refractivity contribution in [2.75, 3.05) is 6.54 Å². The Bertz CT molecular complexity index is 682. The van der Waals surface area contributed by atoms with Gasteiger partial charge < -0.3 is 19.5 Å². The summed E-state index contributed by atoms with van der Waals surface area (Å²) in [5.74, 6) is -0.0911. The Morgan fingerprint density at radius 2 is 2.22 bits per heavy atom. The maximum Gasteiger partial charge on any atom is 0.303 e. The number of carboxylic acids is 1. The molecule has 2 N–H and O–H groups in total. The van der Waals surface area contributed by atoms with E-state index < -0.39 is 12.1 Å². The van der Waals surface area contributed by atoms with Crippen LogP contribution >= 0.6 is 11.6 Å². The van der Waals surface area contributed by atoms with Crippen LogP contribution in [-0.4, -0.2) is 45.7 Å². The minimum Gasteiger partial charge on any atom is -0.481 e. The van der Waals surface area contributed by atoms with Crippen LogP contribution in [0.15, 0.2) is 40.9 Å². The zero-order chi connectivity index (χ0) is 19.6. The summed E-state index contributed by atoms with van der Waals surface area (Å²) in [7, 11) is 0. The van der Waals surface area contributed by atoms with Gasteiger partial charge in [-0.15, -0.1) is 0 Å². The second kappa shape index (κ2) is 10.9. The van der Waals surface area contributed by atoms with Gasteiger partial charge >= 0.3 is 5.97 Å². The number of hydrogen-bond donors (Lipinski definition) is 2. The second-order valence-electron chi connectivity index (χ2n) is 6.63. The zero-order valence-electron chi connectivity index (χ0n) is 15.2. The van der Waals surface area contributed by atoms with Crippen LogP contribution in [0.2, 0.25) is 5.22 Å². The number of furan rings is 1. The predicted molar refractivity (Wildman–Crippen MR) is 103 cm³/mol. The van der Waals surface area contributed by atoms with E-state index in [1.807, 2.05) is 18.2 Å². The number of halogens is 1. The van der Waals surface area contributed by atoms with Gasteiger partial charge in [-0.2, -0.15) is 0 Å². The van der Waals surface area contributed by atoms with Crippen LogP contribution in [0, 0.1) is 0 Å². The van der Waals surface area contributed by atoms with Gasteiger partial charge in [0.05, 0.1) is 12.1 Å². The van der Waals surface area contributed by atoms with E-state index in [-0.39, 0.29) is 18.4 Å². The predicted octanol–water partition coefficient (Wildman–Crippen LogP) is 3.58. The number of rotatable bonds is 10. The Hall–Kier alpha value is -2.05. The average molecular weight is 396 g/mol. The highest BCUT2D eigenvalue weighted by molar-refractivity contribution is 6.28. The molecule has 1 aromatic rings. The Balaban J connectivity index is 1.85. The molecule has 0 aliphatic carbocycles. The molecular weight excluding hydrogens is 370 g/mol. The molecule has 1 unspecified atom stereocenters. The summed E-state index contributed by atoms with van der Waals surface area (Å²) in [5.41, 5.74) is 0. The van der Waals surface area contributed by atoms with Crippen LogP contribution in [0.5, 0.6) is 0 Å². The largest absolute Gasteiger partial charge is 0.481 e. The molecule has 1 aromatic heterocycles. The van der Waals surface area contributed by atoms with E-state index in [1.54, 1.807) is 23.1 Å². The third-order valence-corrected chi connectivity index (χ3v) is 4.64. The number of aliphatic hydroxyl groups excluding tert-OH is 1. The van der Waals surface area contributed by atoms with Crippen LogP contribution < -0.4 is 0 Å². The van der Waals surface area contributed by atoms with Crippen molar-refractivity contribution >= 4 is 23.5 Å². The Labute approximate surface area is 164 Å². The molecule has 2 rings (SSSR count). The fraction of sp³-hybridized carbons (Fsp3) is 0.500. The molecule has 1 saturated heterocycles. The molecule has 0 spiro atoms. The summed E-state index contributed by atoms with van der Waals surface area (Å²) >= 11 is 5.73. The number of hydrogen-bond acceptors (Lipinski definition) is 4. The minimum atomic E-state index is -0.796. The summed E-state index contributed by atoms with van der Waals surface area (Å²) in [5, 5.41) is 19.1. The van der Waals surface area contributed by atoms with E-state index in [0.717, 1.165) is 12.8 Å². The number of nitrogens with zero attached hydrogens (tertiary/aromatic N) is 1. The highest BCUT2D eigenvalue weighted by atomic mass is 35.5. The molecule has 148 valence electrons. The molecule has 6 nitrogen and oxygen atoms in total. The standard InChI is InChI=1S/C20H26ClNO5/c21-18-12-11-17(27-18)14-16(23)10-9-15-6-5-7-19(24)22(15)13-4-2-1-3-8-20(25)26/h2,4,9-12,15-16,23H,1,3,5-8,13-14H2,(H,25,26)/b4-2-,10-9+/t15-,16?/m1/s1. The van der Waals surface area contributed by atoms with Crippen molar-refractivity contribution in [2.45, 2.75) is 57.1 Å². The molecule has 1 amide bonds. The third kappa shape index (κ3) is 7.61. The number of aliphatic carboxylic acids is 1. The summed E-state index contributed by atoms with van der Waals surface area (Å²) < 4.78 is 5.25. The fourth-order valence-corrected chi connectivity index (χ4v) is 3.22. The second-order valence-corrected chi connectivity index (χ2v) is 7.00. The first kappa shape index (κ1) is 21.3. The molecule has 1 fully saturated rings. The lowest BCUT2D eigenvalue weighted by molar-refractivity contribution is -0.137. The molecule has 1 aliphatic heterocycles. The number of amides is 1. The fourth-order valence-electron chi connectivity index (χ4n) is 3.05. The van der Waals surface area contributed by atoms with Crippen LogP contribution in [0.4, 0.5) is 0 Å². The van der Waals surface area contributed by atoms with E-state index in [4.69, 9.17) is 21.1 Å². The van der Waals surface area contributed by atoms with E-state index in [0.29, 0.717) is 43.2 Å². The summed E-state index contributed by atoms with van der Waals surface area (Å²) in [6.45, 7) is 0.491. The normalized spacial score (nSPS) is 19.3. The number of carbonyl (C=O) groups excluding carboxylic acids is 1. The number of carboxylic acid groups (broad SMARTS) is 1. The molecule has 7 heteroatoms. The van der Waals surface area contributed by atoms with Gasteiger partial charge in [0.25, 0.3) is 0 Å². The number of aliphatic hydroxyl groups is 1. The van der Waals surface area contributed by atoms with Crippen molar-refractivity contribution in [2.24, 2.45) is 0 Å². The van der Waals surface area contributed by atoms with Gasteiger partial charge in [0.1, 0.15) is 5.76 Å². The van der Waals surface area contributed by atoms with Gasteiger partial charge in [-0.05, 0) is 49.4 Å². The lowest BCUT2D eigenvalue weighted by atomic mass is 10.00. The van der Waals surface area contributed by atoms with E-state index in [2.05, 4.69) is 0 Å². The van der Waals surface area contributed by atoms with Gasteiger partial charge in [0, 0.05) is 25.8 Å².